The number of hydrogen-bond acceptors (Lipinski definition) is 5. The summed E-state index contributed by atoms with van der Waals surface area (Å²) in [4.78, 5) is 8.58. The van der Waals surface area contributed by atoms with E-state index in [0.717, 1.165) is 0 Å². The molecule has 1 rings (SSSR count). The van der Waals surface area contributed by atoms with Gasteiger partial charge in [-0.3, -0.25) is 0 Å². The fourth-order valence-corrected chi connectivity index (χ4v) is 0.586. The predicted octanol–water partition coefficient (Wildman–Crippen LogP) is 0.388. The maximum atomic E-state index is 8.66. The number of hydrogen-bond donors (Lipinski definition) is 0. The van der Waals surface area contributed by atoms with Crippen molar-refractivity contribution in [2.45, 2.75) is 20.0 Å². The van der Waals surface area contributed by atoms with E-state index < -0.39 is 0 Å². The van der Waals surface area contributed by atoms with Crippen LogP contribution in [0, 0.1) is 11.3 Å². The van der Waals surface area contributed by atoms with Crippen LogP contribution in [0.1, 0.15) is 13.8 Å². The predicted molar refractivity (Wildman–Crippen MR) is 44.7 cm³/mol. The molecule has 0 aromatic carbocycles. The smallest absolute Gasteiger partial charge is 0.272 e. The molecule has 68 valence electrons. The van der Waals surface area contributed by atoms with Crippen molar-refractivity contribution in [2.24, 2.45) is 5.16 Å². The van der Waals surface area contributed by atoms with E-state index in [1.54, 1.807) is 0 Å². The van der Waals surface area contributed by atoms with Gasteiger partial charge in [-0.1, -0.05) is 5.16 Å². The summed E-state index contributed by atoms with van der Waals surface area (Å²) >= 11 is 0. The number of aromatic nitrogens is 3. The van der Waals surface area contributed by atoms with Gasteiger partial charge in [0.15, 0.2) is 0 Å². The first-order valence-corrected chi connectivity index (χ1v) is 3.73. The van der Waals surface area contributed by atoms with Crippen molar-refractivity contribution < 1.29 is 4.84 Å². The van der Waals surface area contributed by atoms with Gasteiger partial charge in [0.1, 0.15) is 24.8 Å². The summed E-state index contributed by atoms with van der Waals surface area (Å²) < 4.78 is 1.24. The molecule has 6 heteroatoms. The molecule has 1 heterocycles. The molecule has 0 fully saturated rings. The Balaban J connectivity index is 2.76. The zero-order valence-electron chi connectivity index (χ0n) is 7.38. The Morgan fingerprint density at radius 1 is 1.69 bits per heavy atom. The highest BCUT2D eigenvalue weighted by Crippen LogP contribution is 1.90. The van der Waals surface area contributed by atoms with Crippen LogP contribution in [0.15, 0.2) is 17.8 Å². The van der Waals surface area contributed by atoms with Gasteiger partial charge < -0.3 is 4.84 Å². The fraction of sp³-hybridized carbons (Fsp3) is 0.429. The molecule has 0 unspecified atom stereocenters. The molecule has 0 bridgehead atoms. The van der Waals surface area contributed by atoms with Crippen LogP contribution < -0.4 is 0 Å². The van der Waals surface area contributed by atoms with Gasteiger partial charge in [-0.2, -0.15) is 15.0 Å². The highest BCUT2D eigenvalue weighted by molar-refractivity contribution is 5.96. The van der Waals surface area contributed by atoms with Crippen LogP contribution in [-0.2, 0) is 4.84 Å². The maximum Gasteiger partial charge on any atom is 0.272 e. The molecular formula is C7H9N5O. The van der Waals surface area contributed by atoms with E-state index in [0.29, 0.717) is 0 Å². The summed E-state index contributed by atoms with van der Waals surface area (Å²) in [5.41, 5.74) is 0. The lowest BCUT2D eigenvalue weighted by Crippen LogP contribution is -2.12. The molecular weight excluding hydrogens is 170 g/mol. The number of rotatable bonds is 2. The first-order valence-electron chi connectivity index (χ1n) is 3.73. The Hall–Kier alpha value is -1.90. The first-order chi connectivity index (χ1) is 6.24. The molecule has 0 saturated carbocycles. The Labute approximate surface area is 75.4 Å². The van der Waals surface area contributed by atoms with E-state index in [9.17, 15) is 0 Å². The minimum Gasteiger partial charge on any atom is -0.391 e. The van der Waals surface area contributed by atoms with Gasteiger partial charge >= 0.3 is 0 Å². The second-order valence-corrected chi connectivity index (χ2v) is 2.52. The first kappa shape index (κ1) is 9.19. The molecule has 6 nitrogen and oxygen atoms in total. The Bertz CT molecular complexity index is 321. The minimum absolute atomic E-state index is 0.0613. The van der Waals surface area contributed by atoms with Crippen molar-refractivity contribution in [1.82, 2.24) is 14.8 Å². The monoisotopic (exact) mass is 179 g/mol. The lowest BCUT2D eigenvalue weighted by molar-refractivity contribution is 0.0854. The SMILES string of the molecule is CC(C)O/N=C(\C#N)n1cncn1. The molecule has 1 aromatic rings. The molecule has 0 aliphatic heterocycles. The number of nitriles is 1. The molecule has 0 spiro atoms. The van der Waals surface area contributed by atoms with Gasteiger partial charge in [0, 0.05) is 0 Å². The van der Waals surface area contributed by atoms with Crippen molar-refractivity contribution in [3.63, 3.8) is 0 Å². The molecule has 0 aliphatic carbocycles. The van der Waals surface area contributed by atoms with Crippen LogP contribution in [0.25, 0.3) is 0 Å². The van der Waals surface area contributed by atoms with Crippen molar-refractivity contribution in [1.29, 1.82) is 5.26 Å². The summed E-state index contributed by atoms with van der Waals surface area (Å²) in [5, 5.41) is 16.0. The summed E-state index contributed by atoms with van der Waals surface area (Å²) in [6.45, 7) is 3.64. The van der Waals surface area contributed by atoms with E-state index in [2.05, 4.69) is 15.2 Å². The molecule has 0 atom stereocenters. The van der Waals surface area contributed by atoms with Crippen LogP contribution in [-0.4, -0.2) is 26.7 Å². The molecule has 0 N–H and O–H groups in total. The quantitative estimate of drug-likeness (QED) is 0.374. The average Bonchev–Trinajstić information content (AvgIpc) is 2.58. The zero-order valence-corrected chi connectivity index (χ0v) is 7.38. The second kappa shape index (κ2) is 4.21. The molecule has 1 aromatic heterocycles. The highest BCUT2D eigenvalue weighted by Gasteiger charge is 2.02. The Kier molecular flexibility index (Phi) is 2.97. The Morgan fingerprint density at radius 3 is 2.92 bits per heavy atom. The zero-order chi connectivity index (χ0) is 9.68. The fourth-order valence-electron chi connectivity index (χ4n) is 0.586. The number of nitrogens with zero attached hydrogens (tertiary/aromatic N) is 5. The van der Waals surface area contributed by atoms with Crippen molar-refractivity contribution in [3.8, 4) is 6.07 Å². The largest absolute Gasteiger partial charge is 0.391 e. The van der Waals surface area contributed by atoms with Gasteiger partial charge in [0.2, 0.25) is 0 Å². The lowest BCUT2D eigenvalue weighted by atomic mass is 10.5. The topological polar surface area (TPSA) is 76.1 Å². The summed E-state index contributed by atoms with van der Waals surface area (Å²) in [5.74, 6) is 0.0613. The van der Waals surface area contributed by atoms with Crippen molar-refractivity contribution >= 4 is 5.84 Å². The molecule has 0 aliphatic rings. The van der Waals surface area contributed by atoms with Crippen molar-refractivity contribution in [2.75, 3.05) is 0 Å². The van der Waals surface area contributed by atoms with Gasteiger partial charge in [-0.25, -0.2) is 4.98 Å². The van der Waals surface area contributed by atoms with Gasteiger partial charge in [0.25, 0.3) is 5.84 Å². The third kappa shape index (κ3) is 2.56. The lowest BCUT2D eigenvalue weighted by Gasteiger charge is -2.01. The standard InChI is InChI=1S/C7H9N5O/c1-6(2)13-11-7(3-8)12-5-9-4-10-12/h4-6H,1-2H3/b11-7+. The van der Waals surface area contributed by atoms with Crippen molar-refractivity contribution in [3.05, 3.63) is 12.7 Å². The molecule has 0 radical (unpaired) electrons. The summed E-state index contributed by atoms with van der Waals surface area (Å²) in [7, 11) is 0. The normalized spacial score (nSPS) is 11.4. The van der Waals surface area contributed by atoms with E-state index in [1.807, 2.05) is 19.9 Å². The second-order valence-electron chi connectivity index (χ2n) is 2.52. The third-order valence-corrected chi connectivity index (χ3v) is 1.09. The van der Waals surface area contributed by atoms with E-state index in [1.165, 1.54) is 17.3 Å². The average molecular weight is 179 g/mol. The van der Waals surface area contributed by atoms with E-state index in [-0.39, 0.29) is 11.9 Å². The van der Waals surface area contributed by atoms with Gasteiger partial charge in [-0.15, -0.1) is 0 Å². The van der Waals surface area contributed by atoms with Crippen LogP contribution in [0.4, 0.5) is 0 Å². The number of oxime groups is 1. The Morgan fingerprint density at radius 2 is 2.46 bits per heavy atom. The van der Waals surface area contributed by atoms with E-state index in [4.69, 9.17) is 10.1 Å². The summed E-state index contributed by atoms with van der Waals surface area (Å²) in [6.07, 6.45) is 2.64. The third-order valence-electron chi connectivity index (χ3n) is 1.09. The minimum atomic E-state index is -0.0631. The molecule has 0 amide bonds. The maximum absolute atomic E-state index is 8.66. The van der Waals surface area contributed by atoms with Crippen LogP contribution in [0.3, 0.4) is 0 Å². The van der Waals surface area contributed by atoms with Crippen LogP contribution in [0.5, 0.6) is 0 Å². The van der Waals surface area contributed by atoms with Gasteiger partial charge in [-0.05, 0) is 13.8 Å². The van der Waals surface area contributed by atoms with E-state index >= 15 is 0 Å². The van der Waals surface area contributed by atoms with Gasteiger partial charge in [0.05, 0.1) is 0 Å². The molecule has 13 heavy (non-hydrogen) atoms. The summed E-state index contributed by atoms with van der Waals surface area (Å²) in [6, 6.07) is 1.85. The highest BCUT2D eigenvalue weighted by atomic mass is 16.6. The van der Waals surface area contributed by atoms with Crippen LogP contribution in [0.2, 0.25) is 0 Å². The molecule has 0 saturated heterocycles. The van der Waals surface area contributed by atoms with Crippen LogP contribution >= 0.6 is 0 Å².